The highest BCUT2D eigenvalue weighted by atomic mass is 19.1. The van der Waals surface area contributed by atoms with E-state index in [0.717, 1.165) is 45.4 Å². The number of nitrogens with one attached hydrogen (secondary N) is 1. The minimum atomic E-state index is -2.25. The molecule has 4 rings (SSSR count). The van der Waals surface area contributed by atoms with Gasteiger partial charge in [0.25, 0.3) is 0 Å². The highest BCUT2D eigenvalue weighted by Crippen LogP contribution is 2.35. The van der Waals surface area contributed by atoms with Crippen LogP contribution in [0.1, 0.15) is 40.2 Å². The third-order valence-electron chi connectivity index (χ3n) is 7.62. The molecule has 0 bridgehead atoms. The van der Waals surface area contributed by atoms with Crippen molar-refractivity contribution in [1.82, 2.24) is 5.32 Å². The average Bonchev–Trinajstić information content (AvgIpc) is 3.03. The predicted molar refractivity (Wildman–Crippen MR) is 163 cm³/mol. The normalized spacial score (nSPS) is 29.8. The number of alkyl halides is 2. The Morgan fingerprint density at radius 1 is 0.735 bits per heavy atom. The summed E-state index contributed by atoms with van der Waals surface area (Å²) in [5, 5.41) is 4.23. The Balaban J connectivity index is 1.73. The van der Waals surface area contributed by atoms with Crippen LogP contribution >= 0.6 is 0 Å². The second kappa shape index (κ2) is 16.9. The smallest absolute Gasteiger partial charge is 0.303 e. The molecule has 0 saturated carbocycles. The molecule has 2 saturated heterocycles. The molecule has 0 aromatic heterocycles. The first-order valence-corrected chi connectivity index (χ1v) is 15.4. The van der Waals surface area contributed by atoms with Gasteiger partial charge in [-0.3, -0.25) is 24.0 Å². The van der Waals surface area contributed by atoms with Gasteiger partial charge in [0.1, 0.15) is 37.6 Å². The maximum absolute atomic E-state index is 16.0. The van der Waals surface area contributed by atoms with Gasteiger partial charge >= 0.3 is 23.9 Å². The molecule has 14 nitrogen and oxygen atoms in total. The van der Waals surface area contributed by atoms with E-state index in [9.17, 15) is 28.4 Å². The van der Waals surface area contributed by atoms with Crippen LogP contribution in [0.3, 0.4) is 0 Å². The third-order valence-corrected chi connectivity index (χ3v) is 7.62. The fraction of sp³-hybridized carbons (Fsp3) is 0.545. The number of rotatable bonds is 12. The second-order valence-electron chi connectivity index (χ2n) is 11.5. The summed E-state index contributed by atoms with van der Waals surface area (Å²) in [6.07, 6.45) is -15.0. The Kier molecular flexibility index (Phi) is 13.0. The number of esters is 4. The quantitative estimate of drug-likeness (QED) is 0.254. The van der Waals surface area contributed by atoms with E-state index >= 15 is 4.39 Å². The van der Waals surface area contributed by atoms with E-state index in [1.807, 2.05) is 42.5 Å². The Morgan fingerprint density at radius 2 is 1.35 bits per heavy atom. The van der Waals surface area contributed by atoms with E-state index in [1.165, 1.54) is 0 Å². The lowest BCUT2D eigenvalue weighted by molar-refractivity contribution is -0.348. The molecule has 268 valence electrons. The molecule has 0 radical (unpaired) electrons. The third kappa shape index (κ3) is 9.90. The molecular formula is C33H39F2NO13. The zero-order valence-corrected chi connectivity index (χ0v) is 27.5. The van der Waals surface area contributed by atoms with Crippen LogP contribution in [-0.2, 0) is 68.5 Å². The fourth-order valence-corrected chi connectivity index (χ4v) is 5.66. The summed E-state index contributed by atoms with van der Waals surface area (Å²) in [5.41, 5.74) is 0.698. The van der Waals surface area contributed by atoms with E-state index < -0.39 is 104 Å². The second-order valence-corrected chi connectivity index (χ2v) is 11.5. The minimum Gasteiger partial charge on any atom is -0.463 e. The predicted octanol–water partition coefficient (Wildman–Crippen LogP) is 2.36. The van der Waals surface area contributed by atoms with Gasteiger partial charge in [-0.1, -0.05) is 36.4 Å². The van der Waals surface area contributed by atoms with Crippen LogP contribution in [0.5, 0.6) is 0 Å². The number of fused-ring (bicyclic) bond motifs is 1. The first-order valence-electron chi connectivity index (χ1n) is 15.4. The van der Waals surface area contributed by atoms with Gasteiger partial charge in [-0.2, -0.15) is 0 Å². The Hall–Kier alpha value is -4.25. The monoisotopic (exact) mass is 695 g/mol. The Morgan fingerprint density at radius 3 is 1.96 bits per heavy atom. The van der Waals surface area contributed by atoms with Crippen molar-refractivity contribution in [2.24, 2.45) is 0 Å². The van der Waals surface area contributed by atoms with Crippen molar-refractivity contribution in [1.29, 1.82) is 0 Å². The summed E-state index contributed by atoms with van der Waals surface area (Å²) >= 11 is 0. The molecule has 2 aromatic carbocycles. The van der Waals surface area contributed by atoms with Crippen molar-refractivity contribution in [2.45, 2.75) is 103 Å². The Bertz CT molecular complexity index is 1510. The van der Waals surface area contributed by atoms with Crippen LogP contribution in [0.15, 0.2) is 42.5 Å². The molecule has 0 unspecified atom stereocenters. The standard InChI is InChI=1S/C33H39F2NO13/c1-16(37)36-27-26(35)28(44-18(3)39)24(13-34)47-32(27)49-30-29(45-19(4)40)25(15-42-17(2)38)48-33(31(30)46-20(5)41)43-14-21-10-11-22-8-6-7-9-23(22)12-21/h6-12,24-33H,13-15H2,1-5H3,(H,36,37)/t24-,25-,26+,27-,28-,29-,30+,31-,32+,33-/m1/s1. The van der Waals surface area contributed by atoms with Gasteiger partial charge in [-0.25, -0.2) is 8.78 Å². The Labute approximate surface area is 280 Å². The largest absolute Gasteiger partial charge is 0.463 e. The maximum atomic E-state index is 16.0. The number of ether oxygens (including phenoxy) is 8. The van der Waals surface area contributed by atoms with Crippen LogP contribution in [0.2, 0.25) is 0 Å². The van der Waals surface area contributed by atoms with E-state index in [-0.39, 0.29) is 6.61 Å². The number of benzene rings is 2. The first-order chi connectivity index (χ1) is 23.3. The van der Waals surface area contributed by atoms with Gasteiger partial charge < -0.3 is 43.2 Å². The van der Waals surface area contributed by atoms with Crippen LogP contribution < -0.4 is 5.32 Å². The van der Waals surface area contributed by atoms with E-state index in [1.54, 1.807) is 0 Å². The molecule has 1 amide bonds. The molecule has 2 heterocycles. The molecule has 0 aliphatic carbocycles. The highest BCUT2D eigenvalue weighted by molar-refractivity contribution is 5.83. The number of amides is 1. The van der Waals surface area contributed by atoms with Crippen molar-refractivity contribution in [3.05, 3.63) is 48.0 Å². The average molecular weight is 696 g/mol. The lowest BCUT2D eigenvalue weighted by Crippen LogP contribution is -2.68. The lowest BCUT2D eigenvalue weighted by Gasteiger charge is -2.48. The van der Waals surface area contributed by atoms with Gasteiger partial charge in [0, 0.05) is 34.6 Å². The summed E-state index contributed by atoms with van der Waals surface area (Å²) < 4.78 is 75.5. The molecule has 1 N–H and O–H groups in total. The van der Waals surface area contributed by atoms with Gasteiger partial charge in [0.2, 0.25) is 5.91 Å². The molecule has 10 atom stereocenters. The van der Waals surface area contributed by atoms with Crippen molar-refractivity contribution < 1.29 is 70.6 Å². The molecule has 2 fully saturated rings. The molecule has 2 aliphatic rings. The summed E-state index contributed by atoms with van der Waals surface area (Å²) in [4.78, 5) is 60.4. The van der Waals surface area contributed by atoms with Crippen LogP contribution in [-0.4, -0.2) is 104 Å². The van der Waals surface area contributed by atoms with Crippen molar-refractivity contribution in [3.8, 4) is 0 Å². The van der Waals surface area contributed by atoms with Crippen molar-refractivity contribution in [3.63, 3.8) is 0 Å². The van der Waals surface area contributed by atoms with Gasteiger partial charge in [-0.05, 0) is 22.4 Å². The van der Waals surface area contributed by atoms with E-state index in [2.05, 4.69) is 5.32 Å². The SMILES string of the molecule is CC(=O)N[C@H]1[C@H](O[C@@H]2[C@@H](OC(C)=O)[C@H](OCc3ccc4ccccc4c3)O[C@H](COC(C)=O)[C@H]2OC(C)=O)O[C@H](CF)[C@@H](OC(C)=O)[C@H]1F. The molecule has 16 heteroatoms. The summed E-state index contributed by atoms with van der Waals surface area (Å²) in [6, 6.07) is 11.5. The first kappa shape index (κ1) is 37.6. The number of hydrogen-bond acceptors (Lipinski definition) is 13. The minimum absolute atomic E-state index is 0.0898. The van der Waals surface area contributed by atoms with E-state index in [4.69, 9.17) is 37.9 Å². The molecule has 2 aromatic rings. The zero-order valence-electron chi connectivity index (χ0n) is 27.5. The topological polar surface area (TPSA) is 171 Å². The number of carbonyl (C=O) groups excluding carboxylic acids is 5. The lowest BCUT2D eigenvalue weighted by atomic mass is 9.95. The van der Waals surface area contributed by atoms with Crippen LogP contribution in [0.25, 0.3) is 10.8 Å². The number of carbonyl (C=O) groups is 5. The number of halogens is 2. The maximum Gasteiger partial charge on any atom is 0.303 e. The highest BCUT2D eigenvalue weighted by Gasteiger charge is 2.56. The van der Waals surface area contributed by atoms with E-state index in [0.29, 0.717) is 5.56 Å². The summed E-state index contributed by atoms with van der Waals surface area (Å²) in [5.74, 6) is -4.07. The molecule has 49 heavy (non-hydrogen) atoms. The van der Waals surface area contributed by atoms with Crippen molar-refractivity contribution >= 4 is 40.6 Å². The van der Waals surface area contributed by atoms with Crippen molar-refractivity contribution in [2.75, 3.05) is 13.3 Å². The molecule has 2 aliphatic heterocycles. The van der Waals surface area contributed by atoms with Gasteiger partial charge in [-0.15, -0.1) is 0 Å². The number of hydrogen-bond donors (Lipinski definition) is 1. The summed E-state index contributed by atoms with van der Waals surface area (Å²) in [6.45, 7) is 3.45. The zero-order chi connectivity index (χ0) is 35.8. The van der Waals surface area contributed by atoms with Gasteiger partial charge in [0.15, 0.2) is 37.1 Å². The molecule has 0 spiro atoms. The fourth-order valence-electron chi connectivity index (χ4n) is 5.66. The van der Waals surface area contributed by atoms with Crippen LogP contribution in [0.4, 0.5) is 8.78 Å². The summed E-state index contributed by atoms with van der Waals surface area (Å²) in [7, 11) is 0. The van der Waals surface area contributed by atoms with Gasteiger partial charge in [0.05, 0.1) is 6.61 Å². The molecular weight excluding hydrogens is 656 g/mol. The van der Waals surface area contributed by atoms with Crippen LogP contribution in [0, 0.1) is 0 Å².